The van der Waals surface area contributed by atoms with E-state index in [0.717, 1.165) is 22.4 Å². The zero-order valence-electron chi connectivity index (χ0n) is 19.0. The Kier molecular flexibility index (Phi) is 7.56. The molecule has 11 heteroatoms. The number of primary amides is 1. The lowest BCUT2D eigenvalue weighted by atomic mass is 10.1. The van der Waals surface area contributed by atoms with E-state index in [4.69, 9.17) is 15.0 Å². The third-order valence-corrected chi connectivity index (χ3v) is 4.80. The van der Waals surface area contributed by atoms with Crippen LogP contribution in [0.25, 0.3) is 23.0 Å². The van der Waals surface area contributed by atoms with Crippen molar-refractivity contribution in [1.29, 1.82) is 0 Å². The minimum atomic E-state index is -1.42. The Labute approximate surface area is 191 Å². The number of aliphatic hydroxyl groups excluding tert-OH is 2. The number of aromatic nitrogens is 4. The number of carbonyl (C=O) groups is 1. The molecular weight excluding hydrogens is 428 g/mol. The molecule has 0 spiro atoms. The molecule has 2 atom stereocenters. The van der Waals surface area contributed by atoms with Gasteiger partial charge in [-0.1, -0.05) is 5.16 Å². The van der Waals surface area contributed by atoms with Crippen LogP contribution in [0.15, 0.2) is 22.7 Å². The first-order chi connectivity index (χ1) is 15.7. The highest BCUT2D eigenvalue weighted by Crippen LogP contribution is 2.30. The van der Waals surface area contributed by atoms with Crippen molar-refractivity contribution in [2.75, 3.05) is 18.5 Å². The number of hydrogen-bond donors (Lipinski definition) is 4. The maximum Gasteiger partial charge on any atom is 0.277 e. The molecule has 2 heterocycles. The maximum absolute atomic E-state index is 10.9. The number of nitrogens with zero attached hydrogens (tertiary/aromatic N) is 4. The van der Waals surface area contributed by atoms with Gasteiger partial charge in [0.25, 0.3) is 5.89 Å². The largest absolute Gasteiger partial charge is 0.490 e. The zero-order valence-corrected chi connectivity index (χ0v) is 19.0. The highest BCUT2D eigenvalue weighted by Gasteiger charge is 2.19. The van der Waals surface area contributed by atoms with Crippen LogP contribution in [-0.4, -0.2) is 61.6 Å². The third-order valence-electron chi connectivity index (χ3n) is 4.80. The molecular formula is C22H28N6O5. The van der Waals surface area contributed by atoms with Crippen LogP contribution in [0.3, 0.4) is 0 Å². The number of anilines is 1. The van der Waals surface area contributed by atoms with Crippen molar-refractivity contribution in [3.05, 3.63) is 35.0 Å². The van der Waals surface area contributed by atoms with Crippen LogP contribution in [0.4, 0.5) is 5.95 Å². The molecule has 0 aliphatic carbocycles. The van der Waals surface area contributed by atoms with Gasteiger partial charge in [0.05, 0.1) is 6.10 Å². The van der Waals surface area contributed by atoms with E-state index in [9.17, 15) is 15.0 Å². The molecule has 0 saturated heterocycles. The second kappa shape index (κ2) is 10.4. The lowest BCUT2D eigenvalue weighted by Gasteiger charge is -2.17. The molecule has 2 aromatic heterocycles. The van der Waals surface area contributed by atoms with Crippen molar-refractivity contribution in [3.8, 4) is 28.7 Å². The number of rotatable bonds is 10. The normalized spacial score (nSPS) is 12.9. The quantitative estimate of drug-likeness (QED) is 0.351. The SMILES string of the molecule is CCNc1nc(C)cc(-c2nc(-c3cc(C)c(OC[C@H](O)CC(O)C(N)=O)c(C)c3)no2)n1. The topological polar surface area (TPSA) is 170 Å². The number of carbonyl (C=O) groups excluding carboxylic acids is 1. The molecule has 0 saturated carbocycles. The third kappa shape index (κ3) is 6.02. The maximum atomic E-state index is 10.9. The second-order valence-electron chi connectivity index (χ2n) is 7.73. The van der Waals surface area contributed by atoms with Crippen molar-refractivity contribution in [3.63, 3.8) is 0 Å². The van der Waals surface area contributed by atoms with Gasteiger partial charge in [0, 0.05) is 24.2 Å². The van der Waals surface area contributed by atoms with E-state index < -0.39 is 18.1 Å². The van der Waals surface area contributed by atoms with E-state index in [1.807, 2.05) is 39.8 Å². The summed E-state index contributed by atoms with van der Waals surface area (Å²) in [6, 6.07) is 5.46. The van der Waals surface area contributed by atoms with Crippen molar-refractivity contribution in [2.24, 2.45) is 5.73 Å². The predicted octanol–water partition coefficient (Wildman–Crippen LogP) is 1.53. The van der Waals surface area contributed by atoms with Gasteiger partial charge >= 0.3 is 0 Å². The van der Waals surface area contributed by atoms with Crippen LogP contribution in [-0.2, 0) is 4.79 Å². The van der Waals surface area contributed by atoms with Crippen LogP contribution in [0.5, 0.6) is 5.75 Å². The number of amides is 1. The first-order valence-electron chi connectivity index (χ1n) is 10.5. The number of aryl methyl sites for hydroxylation is 3. The van der Waals surface area contributed by atoms with Crippen LogP contribution in [0, 0.1) is 20.8 Å². The van der Waals surface area contributed by atoms with Gasteiger partial charge in [-0.3, -0.25) is 4.79 Å². The van der Waals surface area contributed by atoms with E-state index in [-0.39, 0.29) is 18.9 Å². The van der Waals surface area contributed by atoms with Gasteiger partial charge in [0.1, 0.15) is 24.2 Å². The average molecular weight is 457 g/mol. The number of nitrogens with one attached hydrogen (secondary N) is 1. The molecule has 1 unspecified atom stereocenters. The molecule has 3 aromatic rings. The van der Waals surface area contributed by atoms with Crippen molar-refractivity contribution in [2.45, 2.75) is 46.3 Å². The molecule has 0 fully saturated rings. The first-order valence-corrected chi connectivity index (χ1v) is 10.5. The van der Waals surface area contributed by atoms with E-state index in [2.05, 4.69) is 25.4 Å². The van der Waals surface area contributed by atoms with Gasteiger partial charge in [-0.05, 0) is 57.0 Å². The summed E-state index contributed by atoms with van der Waals surface area (Å²) in [5, 5.41) is 26.6. The van der Waals surface area contributed by atoms with Crippen LogP contribution in [0.2, 0.25) is 0 Å². The van der Waals surface area contributed by atoms with E-state index >= 15 is 0 Å². The van der Waals surface area contributed by atoms with Gasteiger partial charge in [-0.2, -0.15) is 4.98 Å². The zero-order chi connectivity index (χ0) is 24.1. The molecule has 0 bridgehead atoms. The lowest BCUT2D eigenvalue weighted by molar-refractivity contribution is -0.127. The fraction of sp³-hybridized carbons (Fsp3) is 0.409. The van der Waals surface area contributed by atoms with E-state index in [0.29, 0.717) is 29.8 Å². The van der Waals surface area contributed by atoms with Gasteiger partial charge < -0.3 is 30.5 Å². The Balaban J connectivity index is 1.77. The molecule has 3 rings (SSSR count). The van der Waals surface area contributed by atoms with Crippen LogP contribution in [0.1, 0.15) is 30.2 Å². The summed E-state index contributed by atoms with van der Waals surface area (Å²) in [6.45, 7) is 8.12. The number of ether oxygens (including phenoxy) is 1. The van der Waals surface area contributed by atoms with Crippen LogP contribution < -0.4 is 15.8 Å². The number of benzene rings is 1. The molecule has 0 aliphatic rings. The summed E-state index contributed by atoms with van der Waals surface area (Å²) in [4.78, 5) is 24.1. The molecule has 11 nitrogen and oxygen atoms in total. The molecule has 1 aromatic carbocycles. The summed E-state index contributed by atoms with van der Waals surface area (Å²) in [6.07, 6.45) is -2.67. The molecule has 5 N–H and O–H groups in total. The van der Waals surface area contributed by atoms with Crippen LogP contribution >= 0.6 is 0 Å². The van der Waals surface area contributed by atoms with Gasteiger partial charge in [-0.15, -0.1) is 0 Å². The molecule has 176 valence electrons. The Morgan fingerprint density at radius 3 is 2.48 bits per heavy atom. The minimum absolute atomic E-state index is 0.0983. The summed E-state index contributed by atoms with van der Waals surface area (Å²) in [7, 11) is 0. The van der Waals surface area contributed by atoms with Gasteiger partial charge in [0.15, 0.2) is 0 Å². The smallest absolute Gasteiger partial charge is 0.277 e. The van der Waals surface area contributed by atoms with E-state index in [1.165, 1.54) is 0 Å². The van der Waals surface area contributed by atoms with E-state index in [1.54, 1.807) is 6.07 Å². The fourth-order valence-electron chi connectivity index (χ4n) is 3.29. The molecule has 33 heavy (non-hydrogen) atoms. The highest BCUT2D eigenvalue weighted by molar-refractivity contribution is 5.78. The van der Waals surface area contributed by atoms with Crippen molar-refractivity contribution >= 4 is 11.9 Å². The Morgan fingerprint density at radius 2 is 1.85 bits per heavy atom. The lowest BCUT2D eigenvalue weighted by Crippen LogP contribution is -2.33. The summed E-state index contributed by atoms with van der Waals surface area (Å²) >= 11 is 0. The van der Waals surface area contributed by atoms with Gasteiger partial charge in [-0.25, -0.2) is 9.97 Å². The summed E-state index contributed by atoms with van der Waals surface area (Å²) < 4.78 is 11.2. The van der Waals surface area contributed by atoms with Crippen molar-refractivity contribution in [1.82, 2.24) is 20.1 Å². The standard InChI is InChI=1S/C22H28N6O5/c1-5-24-22-25-13(4)8-16(26-22)21-27-20(28-33-21)14-6-11(2)18(12(3)7-14)32-10-15(29)9-17(30)19(23)31/h6-8,15,17,29-30H,5,9-10H2,1-4H3,(H2,23,31)(H,24,25,26)/t15-,17?/m1/s1. The monoisotopic (exact) mass is 456 g/mol. The second-order valence-corrected chi connectivity index (χ2v) is 7.73. The molecule has 0 radical (unpaired) electrons. The predicted molar refractivity (Wildman–Crippen MR) is 120 cm³/mol. The summed E-state index contributed by atoms with van der Waals surface area (Å²) in [5.41, 5.74) is 8.63. The Morgan fingerprint density at radius 1 is 1.15 bits per heavy atom. The molecule has 0 aliphatic heterocycles. The Bertz CT molecular complexity index is 1110. The number of aliphatic hydroxyl groups is 2. The first kappa shape index (κ1) is 24.1. The Hall–Kier alpha value is -3.57. The minimum Gasteiger partial charge on any atom is -0.490 e. The average Bonchev–Trinajstić information content (AvgIpc) is 3.23. The molecule has 1 amide bonds. The number of hydrogen-bond acceptors (Lipinski definition) is 10. The van der Waals surface area contributed by atoms with Gasteiger partial charge in [0.2, 0.25) is 17.7 Å². The highest BCUT2D eigenvalue weighted by atomic mass is 16.5. The number of nitrogens with two attached hydrogens (primary N) is 1. The summed E-state index contributed by atoms with van der Waals surface area (Å²) in [5.74, 6) is 0.859. The van der Waals surface area contributed by atoms with Crippen molar-refractivity contribution < 1.29 is 24.3 Å². The fourth-order valence-corrected chi connectivity index (χ4v) is 3.29.